The van der Waals surface area contributed by atoms with E-state index < -0.39 is 11.9 Å². The number of hydrogen-bond donors (Lipinski definition) is 2. The number of hydrogen-bond acceptors (Lipinski definition) is 3. The van der Waals surface area contributed by atoms with E-state index in [0.717, 1.165) is 12.8 Å². The summed E-state index contributed by atoms with van der Waals surface area (Å²) in [5, 5.41) is 8.93. The Bertz CT molecular complexity index is 528. The number of benzene rings is 1. The van der Waals surface area contributed by atoms with Crippen LogP contribution in [0.3, 0.4) is 0 Å². The van der Waals surface area contributed by atoms with Gasteiger partial charge in [0.2, 0.25) is 11.8 Å². The summed E-state index contributed by atoms with van der Waals surface area (Å²) >= 11 is 0. The van der Waals surface area contributed by atoms with Gasteiger partial charge in [0.05, 0.1) is 18.5 Å². The van der Waals surface area contributed by atoms with Gasteiger partial charge >= 0.3 is 5.97 Å². The van der Waals surface area contributed by atoms with Gasteiger partial charge in [-0.05, 0) is 24.1 Å². The van der Waals surface area contributed by atoms with Gasteiger partial charge in [0.1, 0.15) is 0 Å². The van der Waals surface area contributed by atoms with Crippen molar-refractivity contribution in [3.63, 3.8) is 0 Å². The van der Waals surface area contributed by atoms with E-state index in [-0.39, 0.29) is 24.4 Å². The lowest BCUT2D eigenvalue weighted by Crippen LogP contribution is -2.39. The number of carbonyl (C=O) groups excluding carboxylic acids is 2. The molecule has 6 nitrogen and oxygen atoms in total. The molecule has 0 bridgehead atoms. The van der Waals surface area contributed by atoms with E-state index in [9.17, 15) is 14.4 Å². The summed E-state index contributed by atoms with van der Waals surface area (Å²) in [6.45, 7) is 2.34. The van der Waals surface area contributed by atoms with Crippen LogP contribution in [-0.2, 0) is 16.0 Å². The number of nitrogens with two attached hydrogens (primary N) is 1. The van der Waals surface area contributed by atoms with Crippen molar-refractivity contribution >= 4 is 17.8 Å². The molecule has 2 amide bonds. The van der Waals surface area contributed by atoms with Gasteiger partial charge in [-0.15, -0.1) is 0 Å². The minimum Gasteiger partial charge on any atom is -0.478 e. The summed E-state index contributed by atoms with van der Waals surface area (Å²) in [7, 11) is 0. The lowest BCUT2D eigenvalue weighted by atomic mass is 10.1. The Hall–Kier alpha value is -2.37. The highest BCUT2D eigenvalue weighted by molar-refractivity contribution is 5.89. The van der Waals surface area contributed by atoms with Crippen molar-refractivity contribution in [3.8, 4) is 0 Å². The largest absolute Gasteiger partial charge is 0.478 e. The number of aromatic carboxylic acids is 1. The molecular formula is C15H20N2O4. The first-order valence-electron chi connectivity index (χ1n) is 6.82. The van der Waals surface area contributed by atoms with Gasteiger partial charge < -0.3 is 15.7 Å². The molecule has 0 aliphatic carbocycles. The number of unbranched alkanes of at least 4 members (excludes halogenated alkanes) is 1. The van der Waals surface area contributed by atoms with Crippen LogP contribution in [0.4, 0.5) is 0 Å². The van der Waals surface area contributed by atoms with E-state index >= 15 is 0 Å². The maximum atomic E-state index is 12.2. The van der Waals surface area contributed by atoms with Crippen molar-refractivity contribution in [2.75, 3.05) is 13.1 Å². The Balaban J connectivity index is 2.77. The van der Waals surface area contributed by atoms with Gasteiger partial charge in [-0.1, -0.05) is 25.5 Å². The SMILES string of the molecule is CCCCN(CC(N)=O)C(=O)Cc1cccc(C(=O)O)c1. The Labute approximate surface area is 123 Å². The highest BCUT2D eigenvalue weighted by atomic mass is 16.4. The second-order valence-corrected chi connectivity index (χ2v) is 4.82. The molecule has 3 N–H and O–H groups in total. The number of carboxylic acids is 1. The predicted octanol–water partition coefficient (Wildman–Crippen LogP) is 1.04. The maximum absolute atomic E-state index is 12.2. The van der Waals surface area contributed by atoms with E-state index in [4.69, 9.17) is 10.8 Å². The summed E-state index contributed by atoms with van der Waals surface area (Å²) in [5.74, 6) is -1.83. The fourth-order valence-corrected chi connectivity index (χ4v) is 1.93. The second-order valence-electron chi connectivity index (χ2n) is 4.82. The molecule has 114 valence electrons. The van der Waals surface area contributed by atoms with Crippen LogP contribution >= 0.6 is 0 Å². The maximum Gasteiger partial charge on any atom is 0.335 e. The number of rotatable bonds is 8. The molecule has 0 atom stereocenters. The first-order valence-corrected chi connectivity index (χ1v) is 6.82. The highest BCUT2D eigenvalue weighted by Crippen LogP contribution is 2.08. The quantitative estimate of drug-likeness (QED) is 0.747. The molecule has 0 saturated carbocycles. The summed E-state index contributed by atoms with van der Waals surface area (Å²) in [5.41, 5.74) is 5.89. The van der Waals surface area contributed by atoms with Crippen molar-refractivity contribution in [2.45, 2.75) is 26.2 Å². The molecule has 0 aliphatic rings. The van der Waals surface area contributed by atoms with E-state index in [2.05, 4.69) is 0 Å². The highest BCUT2D eigenvalue weighted by Gasteiger charge is 2.16. The first-order chi connectivity index (χ1) is 9.93. The minimum atomic E-state index is -1.04. The zero-order valence-electron chi connectivity index (χ0n) is 12.0. The smallest absolute Gasteiger partial charge is 0.335 e. The first kappa shape index (κ1) is 16.7. The van der Waals surface area contributed by atoms with E-state index in [1.165, 1.54) is 17.0 Å². The molecule has 0 aromatic heterocycles. The van der Waals surface area contributed by atoms with Crippen molar-refractivity contribution < 1.29 is 19.5 Å². The third kappa shape index (κ3) is 5.64. The van der Waals surface area contributed by atoms with Crippen molar-refractivity contribution in [1.29, 1.82) is 0 Å². The molecular weight excluding hydrogens is 272 g/mol. The average Bonchev–Trinajstić information content (AvgIpc) is 2.43. The third-order valence-corrected chi connectivity index (χ3v) is 3.01. The lowest BCUT2D eigenvalue weighted by Gasteiger charge is -2.21. The normalized spacial score (nSPS) is 10.1. The van der Waals surface area contributed by atoms with Crippen LogP contribution < -0.4 is 5.73 Å². The molecule has 1 rings (SSSR count). The van der Waals surface area contributed by atoms with Crippen LogP contribution in [0, 0.1) is 0 Å². The average molecular weight is 292 g/mol. The number of carboxylic acid groups (broad SMARTS) is 1. The molecule has 0 unspecified atom stereocenters. The van der Waals surface area contributed by atoms with Gasteiger partial charge in [0.25, 0.3) is 0 Å². The van der Waals surface area contributed by atoms with Crippen molar-refractivity contribution in [3.05, 3.63) is 35.4 Å². The summed E-state index contributed by atoms with van der Waals surface area (Å²) < 4.78 is 0. The molecule has 6 heteroatoms. The fraction of sp³-hybridized carbons (Fsp3) is 0.400. The summed E-state index contributed by atoms with van der Waals surface area (Å²) in [6.07, 6.45) is 1.74. The fourth-order valence-electron chi connectivity index (χ4n) is 1.93. The van der Waals surface area contributed by atoms with Crippen LogP contribution in [0.5, 0.6) is 0 Å². The van der Waals surface area contributed by atoms with Gasteiger partial charge in [-0.25, -0.2) is 4.79 Å². The number of nitrogens with zero attached hydrogens (tertiary/aromatic N) is 1. The van der Waals surface area contributed by atoms with Crippen molar-refractivity contribution in [2.24, 2.45) is 5.73 Å². The predicted molar refractivity (Wildman–Crippen MR) is 77.8 cm³/mol. The van der Waals surface area contributed by atoms with Crippen LogP contribution in [0.1, 0.15) is 35.7 Å². The van der Waals surface area contributed by atoms with Gasteiger partial charge in [-0.3, -0.25) is 9.59 Å². The molecule has 0 saturated heterocycles. The molecule has 0 heterocycles. The van der Waals surface area contributed by atoms with Crippen LogP contribution in [0.25, 0.3) is 0 Å². The van der Waals surface area contributed by atoms with Crippen molar-refractivity contribution in [1.82, 2.24) is 4.90 Å². The zero-order valence-corrected chi connectivity index (χ0v) is 12.0. The number of amides is 2. The topological polar surface area (TPSA) is 101 Å². The standard InChI is InChI=1S/C15H20N2O4/c1-2-3-7-17(10-13(16)18)14(19)9-11-5-4-6-12(8-11)15(20)21/h4-6,8H,2-3,7,9-10H2,1H3,(H2,16,18)(H,20,21). The summed E-state index contributed by atoms with van der Waals surface area (Å²) in [4.78, 5) is 35.5. The zero-order chi connectivity index (χ0) is 15.8. The molecule has 1 aromatic carbocycles. The molecule has 0 spiro atoms. The molecule has 0 aliphatic heterocycles. The Kier molecular flexibility index (Phi) is 6.39. The van der Waals surface area contributed by atoms with Gasteiger partial charge in [-0.2, -0.15) is 0 Å². The molecule has 1 aromatic rings. The second kappa shape index (κ2) is 8.04. The Morgan fingerprint density at radius 1 is 1.29 bits per heavy atom. The van der Waals surface area contributed by atoms with E-state index in [0.29, 0.717) is 12.1 Å². The number of carbonyl (C=O) groups is 3. The van der Waals surface area contributed by atoms with Gasteiger partial charge in [0, 0.05) is 6.54 Å². The van der Waals surface area contributed by atoms with Crippen LogP contribution in [0.2, 0.25) is 0 Å². The molecule has 0 radical (unpaired) electrons. The minimum absolute atomic E-state index is 0.0537. The Morgan fingerprint density at radius 3 is 2.57 bits per heavy atom. The number of primary amides is 1. The third-order valence-electron chi connectivity index (χ3n) is 3.01. The van der Waals surface area contributed by atoms with E-state index in [1.807, 2.05) is 6.92 Å². The van der Waals surface area contributed by atoms with Crippen LogP contribution in [0.15, 0.2) is 24.3 Å². The monoisotopic (exact) mass is 292 g/mol. The van der Waals surface area contributed by atoms with E-state index in [1.54, 1.807) is 12.1 Å². The Morgan fingerprint density at radius 2 is 2.00 bits per heavy atom. The van der Waals surface area contributed by atoms with Crippen LogP contribution in [-0.4, -0.2) is 40.9 Å². The molecule has 21 heavy (non-hydrogen) atoms. The lowest BCUT2D eigenvalue weighted by molar-refractivity contribution is -0.134. The van der Waals surface area contributed by atoms with Gasteiger partial charge in [0.15, 0.2) is 0 Å². The summed E-state index contributed by atoms with van der Waals surface area (Å²) in [6, 6.07) is 6.21. The molecule has 0 fully saturated rings.